The molecule has 30 heavy (non-hydrogen) atoms. The highest BCUT2D eigenvalue weighted by Crippen LogP contribution is 2.35. The van der Waals surface area contributed by atoms with Crippen molar-refractivity contribution in [1.82, 2.24) is 14.0 Å². The molecule has 7 rings (SSSR count). The molecule has 3 heterocycles. The van der Waals surface area contributed by atoms with Crippen LogP contribution in [0.3, 0.4) is 0 Å². The van der Waals surface area contributed by atoms with Crippen molar-refractivity contribution in [3.05, 3.63) is 90.0 Å². The highest BCUT2D eigenvalue weighted by molar-refractivity contribution is 6.35. The van der Waals surface area contributed by atoms with Gasteiger partial charge in [-0.2, -0.15) is 0 Å². The van der Waals surface area contributed by atoms with Gasteiger partial charge in [0.2, 0.25) is 5.78 Å². The molecule has 0 saturated heterocycles. The predicted molar refractivity (Wildman–Crippen MR) is 122 cm³/mol. The van der Waals surface area contributed by atoms with Gasteiger partial charge in [-0.25, -0.2) is 4.98 Å². The van der Waals surface area contributed by atoms with Crippen LogP contribution in [0.1, 0.15) is 0 Å². The van der Waals surface area contributed by atoms with Gasteiger partial charge < -0.3 is 4.42 Å². The summed E-state index contributed by atoms with van der Waals surface area (Å²) in [5, 5.41) is 2.89. The molecule has 0 bridgehead atoms. The average Bonchev–Trinajstić information content (AvgIpc) is 3.42. The molecule has 0 amide bonds. The summed E-state index contributed by atoms with van der Waals surface area (Å²) in [5.41, 5.74) is 6.74. The number of halogens is 1. The SMILES string of the molecule is Clc1cccc2c1n1c3ccccc3nc1n2-c1ccc2oc3ccccc3c2c1. The highest BCUT2D eigenvalue weighted by atomic mass is 35.5. The summed E-state index contributed by atoms with van der Waals surface area (Å²) < 4.78 is 10.3. The van der Waals surface area contributed by atoms with Gasteiger partial charge in [0, 0.05) is 10.8 Å². The lowest BCUT2D eigenvalue weighted by Crippen LogP contribution is -1.94. The van der Waals surface area contributed by atoms with Crippen LogP contribution in [0.15, 0.2) is 89.3 Å². The van der Waals surface area contributed by atoms with E-state index in [9.17, 15) is 0 Å². The Balaban J connectivity index is 1.67. The van der Waals surface area contributed by atoms with Gasteiger partial charge in [-0.05, 0) is 48.5 Å². The fraction of sp³-hybridized carbons (Fsp3) is 0. The Labute approximate surface area is 175 Å². The van der Waals surface area contributed by atoms with Crippen LogP contribution in [0, 0.1) is 0 Å². The summed E-state index contributed by atoms with van der Waals surface area (Å²) in [6, 6.07) is 28.5. The van der Waals surface area contributed by atoms with Crippen LogP contribution in [0.2, 0.25) is 5.02 Å². The molecule has 0 saturated carbocycles. The third-order valence-electron chi connectivity index (χ3n) is 5.79. The minimum atomic E-state index is 0.703. The minimum absolute atomic E-state index is 0.703. The summed E-state index contributed by atoms with van der Waals surface area (Å²) in [5.74, 6) is 0.839. The van der Waals surface area contributed by atoms with E-state index in [4.69, 9.17) is 21.0 Å². The quantitative estimate of drug-likeness (QED) is 0.294. The van der Waals surface area contributed by atoms with Crippen LogP contribution in [0.25, 0.3) is 55.5 Å². The van der Waals surface area contributed by atoms with Gasteiger partial charge in [0.25, 0.3) is 0 Å². The second-order valence-corrected chi connectivity index (χ2v) is 7.86. The molecule has 0 unspecified atom stereocenters. The Morgan fingerprint density at radius 1 is 0.733 bits per heavy atom. The van der Waals surface area contributed by atoms with E-state index in [0.29, 0.717) is 5.02 Å². The van der Waals surface area contributed by atoms with E-state index in [2.05, 4.69) is 39.3 Å². The fourth-order valence-electron chi connectivity index (χ4n) is 4.50. The Bertz CT molecular complexity index is 1770. The molecule has 142 valence electrons. The molecule has 0 aliphatic rings. The van der Waals surface area contributed by atoms with Crippen LogP contribution in [0.4, 0.5) is 0 Å². The molecule has 0 radical (unpaired) electrons. The van der Waals surface area contributed by atoms with Gasteiger partial charge in [-0.15, -0.1) is 0 Å². The molecular weight excluding hydrogens is 394 g/mol. The van der Waals surface area contributed by atoms with Crippen LogP contribution in [-0.4, -0.2) is 14.0 Å². The summed E-state index contributed by atoms with van der Waals surface area (Å²) in [4.78, 5) is 4.94. The van der Waals surface area contributed by atoms with Crippen LogP contribution >= 0.6 is 11.6 Å². The zero-order chi connectivity index (χ0) is 19.8. The Morgan fingerprint density at radius 2 is 1.53 bits per heavy atom. The third-order valence-corrected chi connectivity index (χ3v) is 6.10. The van der Waals surface area contributed by atoms with Gasteiger partial charge >= 0.3 is 0 Å². The largest absolute Gasteiger partial charge is 0.456 e. The first-order valence-corrected chi connectivity index (χ1v) is 10.2. The molecule has 7 aromatic rings. The second-order valence-electron chi connectivity index (χ2n) is 7.46. The van der Waals surface area contributed by atoms with Crippen molar-refractivity contribution in [3.63, 3.8) is 0 Å². The summed E-state index contributed by atoms with van der Waals surface area (Å²) in [7, 11) is 0. The molecule has 0 spiro atoms. The van der Waals surface area contributed by atoms with Crippen molar-refractivity contribution in [2.24, 2.45) is 0 Å². The van der Waals surface area contributed by atoms with E-state index >= 15 is 0 Å². The lowest BCUT2D eigenvalue weighted by molar-refractivity contribution is 0.669. The molecule has 4 aromatic carbocycles. The zero-order valence-corrected chi connectivity index (χ0v) is 16.5. The monoisotopic (exact) mass is 407 g/mol. The fourth-order valence-corrected chi connectivity index (χ4v) is 4.76. The maximum absolute atomic E-state index is 6.67. The number of rotatable bonds is 1. The van der Waals surface area contributed by atoms with Crippen LogP contribution < -0.4 is 0 Å². The zero-order valence-electron chi connectivity index (χ0n) is 15.7. The topological polar surface area (TPSA) is 35.4 Å². The molecule has 5 heteroatoms. The number of benzene rings is 4. The van der Waals surface area contributed by atoms with Crippen molar-refractivity contribution in [1.29, 1.82) is 0 Å². The normalized spacial score (nSPS) is 12.2. The third kappa shape index (κ3) is 1.98. The molecule has 0 N–H and O–H groups in total. The Morgan fingerprint density at radius 3 is 2.50 bits per heavy atom. The van der Waals surface area contributed by atoms with E-state index in [0.717, 1.165) is 55.5 Å². The molecule has 0 aliphatic carbocycles. The summed E-state index contributed by atoms with van der Waals surface area (Å²) >= 11 is 6.67. The number of imidazole rings is 2. The molecule has 0 aliphatic heterocycles. The Kier molecular flexibility index (Phi) is 3.03. The number of aromatic nitrogens is 3. The first kappa shape index (κ1) is 16.1. The molecule has 0 atom stereocenters. The molecule has 3 aromatic heterocycles. The van der Waals surface area contributed by atoms with E-state index in [1.165, 1.54) is 0 Å². The first-order chi connectivity index (χ1) is 14.8. The number of hydrogen-bond donors (Lipinski definition) is 0. The van der Waals surface area contributed by atoms with E-state index in [1.54, 1.807) is 0 Å². The van der Waals surface area contributed by atoms with Crippen molar-refractivity contribution in [2.45, 2.75) is 0 Å². The maximum Gasteiger partial charge on any atom is 0.220 e. The van der Waals surface area contributed by atoms with E-state index in [1.807, 2.05) is 54.6 Å². The number of fused-ring (bicyclic) bond motifs is 8. The Hall–Kier alpha value is -3.76. The van der Waals surface area contributed by atoms with E-state index in [-0.39, 0.29) is 0 Å². The lowest BCUT2D eigenvalue weighted by atomic mass is 10.1. The van der Waals surface area contributed by atoms with Gasteiger partial charge in [0.05, 0.1) is 32.8 Å². The lowest BCUT2D eigenvalue weighted by Gasteiger charge is -2.05. The summed E-state index contributed by atoms with van der Waals surface area (Å²) in [6.07, 6.45) is 0. The molecular formula is C25H14ClN3O. The first-order valence-electron chi connectivity index (χ1n) is 9.77. The number of hydrogen-bond acceptors (Lipinski definition) is 2. The number of nitrogens with zero attached hydrogens (tertiary/aromatic N) is 3. The minimum Gasteiger partial charge on any atom is -0.456 e. The van der Waals surface area contributed by atoms with Crippen molar-refractivity contribution >= 4 is 61.4 Å². The number of para-hydroxylation sites is 4. The van der Waals surface area contributed by atoms with Crippen molar-refractivity contribution in [3.8, 4) is 5.69 Å². The van der Waals surface area contributed by atoms with Crippen LogP contribution in [0.5, 0.6) is 0 Å². The van der Waals surface area contributed by atoms with Gasteiger partial charge in [0.1, 0.15) is 11.2 Å². The smallest absolute Gasteiger partial charge is 0.220 e. The molecule has 0 fully saturated rings. The van der Waals surface area contributed by atoms with Gasteiger partial charge in [-0.1, -0.05) is 48.0 Å². The molecule has 4 nitrogen and oxygen atoms in total. The van der Waals surface area contributed by atoms with Gasteiger partial charge in [-0.3, -0.25) is 8.97 Å². The van der Waals surface area contributed by atoms with Crippen LogP contribution in [-0.2, 0) is 0 Å². The van der Waals surface area contributed by atoms with Gasteiger partial charge in [0.15, 0.2) is 0 Å². The van der Waals surface area contributed by atoms with Crippen molar-refractivity contribution in [2.75, 3.05) is 0 Å². The summed E-state index contributed by atoms with van der Waals surface area (Å²) in [6.45, 7) is 0. The van der Waals surface area contributed by atoms with E-state index < -0.39 is 0 Å². The second kappa shape index (κ2) is 5.65. The highest BCUT2D eigenvalue weighted by Gasteiger charge is 2.19. The predicted octanol–water partition coefficient (Wildman–Crippen LogP) is 6.98. The maximum atomic E-state index is 6.67. The number of furan rings is 1. The standard InChI is InChI=1S/C25H14ClN3O/c26-18-7-5-10-21-24(18)29-20-9-3-2-8-19(20)27-25(29)28(21)15-12-13-23-17(14-15)16-6-1-4-11-22(16)30-23/h1-14H. The average molecular weight is 408 g/mol. The van der Waals surface area contributed by atoms with Crippen molar-refractivity contribution < 1.29 is 4.42 Å².